The van der Waals surface area contributed by atoms with E-state index in [4.69, 9.17) is 4.74 Å². The zero-order valence-electron chi connectivity index (χ0n) is 19.6. The predicted octanol–water partition coefficient (Wildman–Crippen LogP) is 2.57. The van der Waals surface area contributed by atoms with Crippen molar-refractivity contribution in [2.24, 2.45) is 5.92 Å². The Morgan fingerprint density at radius 1 is 1.12 bits per heavy atom. The van der Waals surface area contributed by atoms with Gasteiger partial charge in [-0.25, -0.2) is 13.2 Å². The van der Waals surface area contributed by atoms with Gasteiger partial charge < -0.3 is 19.9 Å². The normalized spacial score (nSPS) is 20.7. The number of sulfone groups is 1. The highest BCUT2D eigenvalue weighted by Gasteiger charge is 2.45. The largest absolute Gasteiger partial charge is 0.444 e. The third-order valence-electron chi connectivity index (χ3n) is 5.75. The molecule has 2 atom stereocenters. The summed E-state index contributed by atoms with van der Waals surface area (Å²) in [4.78, 5) is 28.3. The molecule has 2 fully saturated rings. The van der Waals surface area contributed by atoms with Crippen molar-refractivity contribution in [3.8, 4) is 0 Å². The number of benzene rings is 1. The lowest BCUT2D eigenvalue weighted by atomic mass is 10.1. The molecule has 0 saturated carbocycles. The summed E-state index contributed by atoms with van der Waals surface area (Å²) in [5, 5.41) is 2.49. The van der Waals surface area contributed by atoms with Crippen LogP contribution in [0.5, 0.6) is 0 Å². The molecule has 9 heteroatoms. The third-order valence-corrected chi connectivity index (χ3v) is 7.35. The van der Waals surface area contributed by atoms with E-state index in [0.717, 1.165) is 25.2 Å². The Labute approximate surface area is 191 Å². The van der Waals surface area contributed by atoms with Gasteiger partial charge in [0.1, 0.15) is 5.60 Å². The summed E-state index contributed by atoms with van der Waals surface area (Å²) in [5.74, 6) is 0.0116. The van der Waals surface area contributed by atoms with Crippen LogP contribution in [0.15, 0.2) is 24.3 Å². The second-order valence-electron chi connectivity index (χ2n) is 10.0. The molecule has 1 aromatic carbocycles. The lowest BCUT2D eigenvalue weighted by Crippen LogP contribution is -2.50. The van der Waals surface area contributed by atoms with Gasteiger partial charge in [0.15, 0.2) is 9.84 Å². The zero-order valence-corrected chi connectivity index (χ0v) is 20.4. The summed E-state index contributed by atoms with van der Waals surface area (Å²) in [6.07, 6.45) is 0.366. The molecular formula is C23H35N3O5S. The van der Waals surface area contributed by atoms with E-state index in [2.05, 4.69) is 10.2 Å². The number of carbonyl (C=O) groups excluding carboxylic acids is 2. The standard InChI is InChI=1S/C23H35N3O5S/c1-16(2)21(27)26-14-19-12-20(26)13-25(19)18-8-6-17(7-9-18)15-32(29,30)11-10-24-22(28)31-23(3,4)5/h6-9,16,19-20H,10-15H2,1-5H3,(H,24,28)/t19-,20-/m0/s1. The van der Waals surface area contributed by atoms with E-state index in [1.54, 1.807) is 20.8 Å². The van der Waals surface area contributed by atoms with Crippen LogP contribution in [0.25, 0.3) is 0 Å². The lowest BCUT2D eigenvalue weighted by Gasteiger charge is -2.36. The van der Waals surface area contributed by atoms with Gasteiger partial charge in [0.25, 0.3) is 0 Å². The van der Waals surface area contributed by atoms with Gasteiger partial charge in [-0.1, -0.05) is 26.0 Å². The number of piperazine rings is 1. The number of nitrogens with one attached hydrogen (secondary N) is 1. The summed E-state index contributed by atoms with van der Waals surface area (Å²) in [7, 11) is -3.37. The Bertz CT molecular complexity index is 937. The van der Waals surface area contributed by atoms with Crippen LogP contribution in [-0.4, -0.2) is 68.4 Å². The molecule has 3 rings (SSSR count). The SMILES string of the molecule is CC(C)C(=O)N1C[C@@H]2C[C@H]1CN2c1ccc(CS(=O)(=O)CCNC(=O)OC(C)(C)C)cc1. The number of ether oxygens (including phenoxy) is 1. The number of anilines is 1. The van der Waals surface area contributed by atoms with Crippen LogP contribution in [0, 0.1) is 5.92 Å². The first-order chi connectivity index (χ1) is 14.8. The summed E-state index contributed by atoms with van der Waals surface area (Å²) < 4.78 is 30.0. The molecule has 0 radical (unpaired) electrons. The number of likely N-dealkylation sites (tertiary alicyclic amines) is 1. The molecule has 0 unspecified atom stereocenters. The predicted molar refractivity (Wildman–Crippen MR) is 124 cm³/mol. The minimum absolute atomic E-state index is 0.0117. The average Bonchev–Trinajstić information content (AvgIpc) is 3.26. The molecular weight excluding hydrogens is 430 g/mol. The molecule has 2 aliphatic rings. The van der Waals surface area contributed by atoms with E-state index in [-0.39, 0.29) is 35.9 Å². The Kier molecular flexibility index (Phi) is 7.07. The van der Waals surface area contributed by atoms with Crippen LogP contribution in [0.2, 0.25) is 0 Å². The molecule has 178 valence electrons. The molecule has 1 aromatic rings. The quantitative estimate of drug-likeness (QED) is 0.665. The maximum Gasteiger partial charge on any atom is 0.407 e. The van der Waals surface area contributed by atoms with Gasteiger partial charge in [-0.05, 0) is 44.9 Å². The van der Waals surface area contributed by atoms with Crippen molar-refractivity contribution >= 4 is 27.5 Å². The van der Waals surface area contributed by atoms with Crippen LogP contribution in [-0.2, 0) is 25.1 Å². The molecule has 0 spiro atoms. The molecule has 2 heterocycles. The van der Waals surface area contributed by atoms with Gasteiger partial charge in [-0.3, -0.25) is 4.79 Å². The Morgan fingerprint density at radius 3 is 2.31 bits per heavy atom. The van der Waals surface area contributed by atoms with Crippen LogP contribution in [0.4, 0.5) is 10.5 Å². The van der Waals surface area contributed by atoms with E-state index in [0.29, 0.717) is 11.6 Å². The van der Waals surface area contributed by atoms with Crippen molar-refractivity contribution in [2.75, 3.05) is 30.3 Å². The van der Waals surface area contributed by atoms with E-state index in [1.165, 1.54) is 0 Å². The second kappa shape index (κ2) is 9.29. The van der Waals surface area contributed by atoms with Gasteiger partial charge in [0, 0.05) is 37.3 Å². The summed E-state index contributed by atoms with van der Waals surface area (Å²) in [5.41, 5.74) is 1.15. The number of rotatable bonds is 7. The molecule has 0 aromatic heterocycles. The number of carbonyl (C=O) groups is 2. The van der Waals surface area contributed by atoms with E-state index < -0.39 is 21.5 Å². The van der Waals surface area contributed by atoms with Gasteiger partial charge in [0.05, 0.1) is 17.5 Å². The van der Waals surface area contributed by atoms with Crippen molar-refractivity contribution in [2.45, 2.75) is 64.5 Å². The van der Waals surface area contributed by atoms with Crippen molar-refractivity contribution in [1.82, 2.24) is 10.2 Å². The average molecular weight is 466 g/mol. The highest BCUT2D eigenvalue weighted by molar-refractivity contribution is 7.90. The van der Waals surface area contributed by atoms with Crippen LogP contribution < -0.4 is 10.2 Å². The topological polar surface area (TPSA) is 96.0 Å². The number of alkyl carbamates (subject to hydrolysis) is 1. The number of nitrogens with zero attached hydrogens (tertiary/aromatic N) is 2. The summed E-state index contributed by atoms with van der Waals surface area (Å²) in [6, 6.07) is 8.18. The van der Waals surface area contributed by atoms with Crippen LogP contribution in [0.3, 0.4) is 0 Å². The molecule has 2 saturated heterocycles. The maximum atomic E-state index is 12.4. The van der Waals surface area contributed by atoms with E-state index in [9.17, 15) is 18.0 Å². The minimum atomic E-state index is -3.37. The molecule has 0 aliphatic carbocycles. The fourth-order valence-corrected chi connectivity index (χ4v) is 5.58. The molecule has 2 aliphatic heterocycles. The lowest BCUT2D eigenvalue weighted by molar-refractivity contribution is -0.135. The summed E-state index contributed by atoms with van der Waals surface area (Å²) >= 11 is 0. The van der Waals surface area contributed by atoms with Gasteiger partial charge in [-0.2, -0.15) is 0 Å². The molecule has 2 amide bonds. The van der Waals surface area contributed by atoms with Crippen LogP contribution in [0.1, 0.15) is 46.6 Å². The molecule has 2 bridgehead atoms. The zero-order chi connectivity index (χ0) is 23.7. The monoisotopic (exact) mass is 465 g/mol. The first-order valence-electron chi connectivity index (χ1n) is 11.2. The maximum absolute atomic E-state index is 12.4. The van der Waals surface area contributed by atoms with Gasteiger partial charge >= 0.3 is 6.09 Å². The number of hydrogen-bond donors (Lipinski definition) is 1. The molecule has 32 heavy (non-hydrogen) atoms. The third kappa shape index (κ3) is 6.15. The highest BCUT2D eigenvalue weighted by Crippen LogP contribution is 2.35. The van der Waals surface area contributed by atoms with Crippen molar-refractivity contribution in [3.05, 3.63) is 29.8 Å². The first kappa shape index (κ1) is 24.4. The Morgan fingerprint density at radius 2 is 1.78 bits per heavy atom. The second-order valence-corrected chi connectivity index (χ2v) is 12.2. The first-order valence-corrected chi connectivity index (χ1v) is 13.0. The van der Waals surface area contributed by atoms with Crippen molar-refractivity contribution in [3.63, 3.8) is 0 Å². The van der Waals surface area contributed by atoms with E-state index >= 15 is 0 Å². The van der Waals surface area contributed by atoms with Crippen LogP contribution >= 0.6 is 0 Å². The van der Waals surface area contributed by atoms with Crippen molar-refractivity contribution in [1.29, 1.82) is 0 Å². The highest BCUT2D eigenvalue weighted by atomic mass is 32.2. The van der Waals surface area contributed by atoms with Gasteiger partial charge in [-0.15, -0.1) is 0 Å². The van der Waals surface area contributed by atoms with Gasteiger partial charge in [0.2, 0.25) is 5.91 Å². The number of fused-ring (bicyclic) bond motifs is 2. The van der Waals surface area contributed by atoms with E-state index in [1.807, 2.05) is 43.0 Å². The molecule has 1 N–H and O–H groups in total. The van der Waals surface area contributed by atoms with Crippen molar-refractivity contribution < 1.29 is 22.7 Å². The Balaban J connectivity index is 1.50. The summed E-state index contributed by atoms with van der Waals surface area (Å²) in [6.45, 7) is 10.7. The fraction of sp³-hybridized carbons (Fsp3) is 0.652. The Hall–Kier alpha value is -2.29. The fourth-order valence-electron chi connectivity index (χ4n) is 4.32. The number of amides is 2. The minimum Gasteiger partial charge on any atom is -0.444 e. The smallest absolute Gasteiger partial charge is 0.407 e. The number of hydrogen-bond acceptors (Lipinski definition) is 6. The molecule has 8 nitrogen and oxygen atoms in total.